The zero-order valence-electron chi connectivity index (χ0n) is 12.8. The van der Waals surface area contributed by atoms with Crippen molar-refractivity contribution >= 4 is 5.91 Å². The van der Waals surface area contributed by atoms with E-state index in [2.05, 4.69) is 24.4 Å². The van der Waals surface area contributed by atoms with Gasteiger partial charge >= 0.3 is 0 Å². The van der Waals surface area contributed by atoms with Gasteiger partial charge in [0.2, 0.25) is 5.91 Å². The molecule has 1 rings (SSSR count). The maximum Gasteiger partial charge on any atom is 0.243 e. The highest BCUT2D eigenvalue weighted by Crippen LogP contribution is 2.24. The molecule has 1 aliphatic carbocycles. The molecule has 0 aliphatic heterocycles. The van der Waals surface area contributed by atoms with Crippen LogP contribution in [0.2, 0.25) is 0 Å². The third kappa shape index (κ3) is 8.83. The molecule has 122 valence electrons. The van der Waals surface area contributed by atoms with E-state index in [4.69, 9.17) is 15.2 Å². The number of nitrogens with one attached hydrogen (secondary N) is 1. The first-order valence-corrected chi connectivity index (χ1v) is 7.57. The van der Waals surface area contributed by atoms with E-state index in [1.165, 1.54) is 0 Å². The van der Waals surface area contributed by atoms with E-state index < -0.39 is 12.0 Å². The van der Waals surface area contributed by atoms with Crippen LogP contribution in [0.15, 0.2) is 12.2 Å². The van der Waals surface area contributed by atoms with E-state index in [1.807, 2.05) is 0 Å². The summed E-state index contributed by atoms with van der Waals surface area (Å²) in [5.74, 6) is 0.722. The lowest BCUT2D eigenvalue weighted by Gasteiger charge is -2.25. The fraction of sp³-hybridized carbons (Fsp3) is 0.800. The van der Waals surface area contributed by atoms with E-state index in [-0.39, 0.29) is 6.61 Å². The van der Waals surface area contributed by atoms with Crippen LogP contribution in [0.1, 0.15) is 19.8 Å². The molecule has 1 aliphatic rings. The molecule has 0 aromatic rings. The van der Waals surface area contributed by atoms with Crippen LogP contribution in [0.5, 0.6) is 0 Å². The van der Waals surface area contributed by atoms with Crippen LogP contribution in [0.3, 0.4) is 0 Å². The first-order chi connectivity index (χ1) is 10.1. The number of rotatable bonds is 11. The molecule has 6 heteroatoms. The van der Waals surface area contributed by atoms with Gasteiger partial charge < -0.3 is 25.6 Å². The number of allylic oxidation sites excluding steroid dienone is 2. The Hall–Kier alpha value is -0.950. The Morgan fingerprint density at radius 1 is 1.43 bits per heavy atom. The van der Waals surface area contributed by atoms with Crippen molar-refractivity contribution in [3.05, 3.63) is 12.2 Å². The molecule has 0 bridgehead atoms. The van der Waals surface area contributed by atoms with Gasteiger partial charge in [0, 0.05) is 13.1 Å². The molecule has 3 atom stereocenters. The van der Waals surface area contributed by atoms with Gasteiger partial charge in [-0.15, -0.1) is 0 Å². The molecule has 0 aromatic carbocycles. The highest BCUT2D eigenvalue weighted by molar-refractivity contribution is 5.74. The minimum Gasteiger partial charge on any atom is -0.389 e. The van der Waals surface area contributed by atoms with Gasteiger partial charge in [-0.05, 0) is 24.7 Å². The molecule has 0 heterocycles. The lowest BCUT2D eigenvalue weighted by Crippen LogP contribution is -2.33. The van der Waals surface area contributed by atoms with Crippen molar-refractivity contribution in [2.24, 2.45) is 17.6 Å². The van der Waals surface area contributed by atoms with Gasteiger partial charge in [0.15, 0.2) is 0 Å². The molecular formula is C15H28N2O4. The molecule has 6 nitrogen and oxygen atoms in total. The second kappa shape index (κ2) is 10.7. The Labute approximate surface area is 126 Å². The molecule has 0 radical (unpaired) electrons. The van der Waals surface area contributed by atoms with Crippen molar-refractivity contribution in [2.45, 2.75) is 25.9 Å². The molecular weight excluding hydrogens is 272 g/mol. The molecule has 3 unspecified atom stereocenters. The van der Waals surface area contributed by atoms with Gasteiger partial charge in [-0.25, -0.2) is 0 Å². The second-order valence-corrected chi connectivity index (χ2v) is 5.59. The Morgan fingerprint density at radius 2 is 2.19 bits per heavy atom. The Kier molecular flexibility index (Phi) is 9.25. The number of hydrogen-bond acceptors (Lipinski definition) is 5. The third-order valence-corrected chi connectivity index (χ3v) is 3.61. The quantitative estimate of drug-likeness (QED) is 0.370. The summed E-state index contributed by atoms with van der Waals surface area (Å²) >= 11 is 0. The van der Waals surface area contributed by atoms with Gasteiger partial charge in [-0.3, -0.25) is 4.79 Å². The van der Waals surface area contributed by atoms with Gasteiger partial charge in [0.25, 0.3) is 0 Å². The number of nitrogens with two attached hydrogens (primary N) is 1. The van der Waals surface area contributed by atoms with Crippen molar-refractivity contribution in [1.82, 2.24) is 5.32 Å². The van der Waals surface area contributed by atoms with Crippen molar-refractivity contribution in [2.75, 3.05) is 39.5 Å². The molecule has 0 fully saturated rings. The highest BCUT2D eigenvalue weighted by Gasteiger charge is 2.18. The van der Waals surface area contributed by atoms with Crippen molar-refractivity contribution in [1.29, 1.82) is 0 Å². The van der Waals surface area contributed by atoms with E-state index in [0.717, 1.165) is 12.8 Å². The summed E-state index contributed by atoms with van der Waals surface area (Å²) in [5, 5.41) is 12.8. The molecule has 0 aromatic heterocycles. The van der Waals surface area contributed by atoms with Crippen LogP contribution in [0, 0.1) is 11.8 Å². The van der Waals surface area contributed by atoms with Crippen LogP contribution in [-0.4, -0.2) is 56.6 Å². The predicted octanol–water partition coefficient (Wildman–Crippen LogP) is 0.0577. The van der Waals surface area contributed by atoms with Gasteiger partial charge in [0.05, 0.1) is 25.9 Å². The maximum atomic E-state index is 10.4. The maximum absolute atomic E-state index is 10.4. The largest absolute Gasteiger partial charge is 0.389 e. The Bertz CT molecular complexity index is 323. The first-order valence-electron chi connectivity index (χ1n) is 7.57. The summed E-state index contributed by atoms with van der Waals surface area (Å²) in [6, 6.07) is 0. The number of carbonyl (C=O) groups is 1. The molecule has 21 heavy (non-hydrogen) atoms. The van der Waals surface area contributed by atoms with Crippen molar-refractivity contribution in [3.8, 4) is 0 Å². The lowest BCUT2D eigenvalue weighted by molar-refractivity contribution is -0.122. The number of ether oxygens (including phenoxy) is 2. The topological polar surface area (TPSA) is 93.8 Å². The molecule has 0 saturated heterocycles. The SMILES string of the molecule is CC1CC=CCC1COCC(O)CNCCOCC(N)=O. The lowest BCUT2D eigenvalue weighted by atomic mass is 9.85. The summed E-state index contributed by atoms with van der Waals surface area (Å²) in [5.41, 5.74) is 4.94. The molecule has 0 spiro atoms. The summed E-state index contributed by atoms with van der Waals surface area (Å²) in [7, 11) is 0. The number of hydrogen-bond donors (Lipinski definition) is 3. The molecule has 1 amide bonds. The van der Waals surface area contributed by atoms with E-state index >= 15 is 0 Å². The van der Waals surface area contributed by atoms with E-state index in [0.29, 0.717) is 44.7 Å². The summed E-state index contributed by atoms with van der Waals surface area (Å²) in [6.45, 7) is 4.60. The van der Waals surface area contributed by atoms with Crippen LogP contribution < -0.4 is 11.1 Å². The zero-order chi connectivity index (χ0) is 15.5. The van der Waals surface area contributed by atoms with Crippen LogP contribution in [-0.2, 0) is 14.3 Å². The number of amides is 1. The number of aliphatic hydroxyl groups excluding tert-OH is 1. The fourth-order valence-corrected chi connectivity index (χ4v) is 2.24. The fourth-order valence-electron chi connectivity index (χ4n) is 2.24. The Morgan fingerprint density at radius 3 is 2.90 bits per heavy atom. The minimum absolute atomic E-state index is 0.0681. The third-order valence-electron chi connectivity index (χ3n) is 3.61. The van der Waals surface area contributed by atoms with E-state index in [9.17, 15) is 9.90 Å². The zero-order valence-corrected chi connectivity index (χ0v) is 12.8. The Balaban J connectivity index is 1.95. The minimum atomic E-state index is -0.532. The van der Waals surface area contributed by atoms with Crippen LogP contribution in [0.4, 0.5) is 0 Å². The average Bonchev–Trinajstić information content (AvgIpc) is 2.44. The highest BCUT2D eigenvalue weighted by atomic mass is 16.5. The predicted molar refractivity (Wildman–Crippen MR) is 80.7 cm³/mol. The standard InChI is InChI=1S/C15H28N2O4/c1-12-4-2-3-5-13(12)9-21-10-14(18)8-17-6-7-20-11-15(16)19/h2-3,12-14,17-18H,4-11H2,1H3,(H2,16,19). The molecule has 4 N–H and O–H groups in total. The molecule has 0 saturated carbocycles. The van der Waals surface area contributed by atoms with Crippen LogP contribution >= 0.6 is 0 Å². The average molecular weight is 300 g/mol. The monoisotopic (exact) mass is 300 g/mol. The van der Waals surface area contributed by atoms with Crippen molar-refractivity contribution < 1.29 is 19.4 Å². The summed E-state index contributed by atoms with van der Waals surface area (Å²) in [4.78, 5) is 10.4. The van der Waals surface area contributed by atoms with Gasteiger partial charge in [0.1, 0.15) is 6.61 Å². The second-order valence-electron chi connectivity index (χ2n) is 5.59. The van der Waals surface area contributed by atoms with Gasteiger partial charge in [-0.2, -0.15) is 0 Å². The number of aliphatic hydroxyl groups is 1. The summed E-state index contributed by atoms with van der Waals surface area (Å²) in [6.07, 6.45) is 6.07. The number of carbonyl (C=O) groups excluding carboxylic acids is 1. The van der Waals surface area contributed by atoms with Crippen LogP contribution in [0.25, 0.3) is 0 Å². The van der Waals surface area contributed by atoms with Gasteiger partial charge in [-0.1, -0.05) is 19.1 Å². The first kappa shape index (κ1) is 18.1. The smallest absolute Gasteiger partial charge is 0.243 e. The normalized spacial score (nSPS) is 23.1. The van der Waals surface area contributed by atoms with Crippen molar-refractivity contribution in [3.63, 3.8) is 0 Å². The summed E-state index contributed by atoms with van der Waals surface area (Å²) < 4.78 is 10.6. The van der Waals surface area contributed by atoms with E-state index in [1.54, 1.807) is 0 Å². The number of primary amides is 1.